The fraction of sp³-hybridized carbons (Fsp3) is 0.682. The second-order valence-corrected chi connectivity index (χ2v) is 7.80. The summed E-state index contributed by atoms with van der Waals surface area (Å²) >= 11 is 0. The van der Waals surface area contributed by atoms with Crippen LogP contribution < -0.4 is 10.6 Å². The zero-order valence-corrected chi connectivity index (χ0v) is 20.4. The van der Waals surface area contributed by atoms with Gasteiger partial charge in [-0.25, -0.2) is 4.99 Å². The van der Waals surface area contributed by atoms with E-state index in [1.54, 1.807) is 7.11 Å². The number of hydrogen-bond acceptors (Lipinski definition) is 3. The largest absolute Gasteiger partial charge is 0.385 e. The molecule has 1 aromatic carbocycles. The molecule has 0 spiro atoms. The molecule has 0 aliphatic heterocycles. The number of halogens is 1. The third-order valence-corrected chi connectivity index (χ3v) is 5.63. The highest BCUT2D eigenvalue weighted by molar-refractivity contribution is 14.0. The molecule has 0 amide bonds. The normalized spacial score (nSPS) is 15.7. The number of rotatable bonds is 11. The standard InChI is InChI=1S/C22H38N4O.HI/c1-5-23-21(25-18-22(11-8-12-22)13-14-27-4)24-16-19-9-7-10-20(15-19)17-26(3)6-2;/h7,9-10,15H,5-6,8,11-14,16-18H2,1-4H3,(H2,23,24,25);1H. The van der Waals surface area contributed by atoms with Gasteiger partial charge in [0.15, 0.2) is 5.96 Å². The second-order valence-electron chi connectivity index (χ2n) is 7.80. The van der Waals surface area contributed by atoms with Crippen molar-refractivity contribution in [2.45, 2.75) is 52.6 Å². The van der Waals surface area contributed by atoms with E-state index in [2.05, 4.69) is 60.7 Å². The van der Waals surface area contributed by atoms with Crippen molar-refractivity contribution in [3.8, 4) is 0 Å². The minimum Gasteiger partial charge on any atom is -0.385 e. The van der Waals surface area contributed by atoms with Gasteiger partial charge in [0.05, 0.1) is 6.54 Å². The molecule has 2 N–H and O–H groups in total. The smallest absolute Gasteiger partial charge is 0.191 e. The van der Waals surface area contributed by atoms with Crippen molar-refractivity contribution < 1.29 is 4.74 Å². The highest BCUT2D eigenvalue weighted by Crippen LogP contribution is 2.43. The first kappa shape index (κ1) is 25.2. The second kappa shape index (κ2) is 13.4. The summed E-state index contributed by atoms with van der Waals surface area (Å²) in [6.07, 6.45) is 5.03. The lowest BCUT2D eigenvalue weighted by Gasteiger charge is -2.42. The van der Waals surface area contributed by atoms with Crippen molar-refractivity contribution in [1.82, 2.24) is 15.5 Å². The Labute approximate surface area is 188 Å². The van der Waals surface area contributed by atoms with E-state index >= 15 is 0 Å². The number of ether oxygens (including phenoxy) is 1. The van der Waals surface area contributed by atoms with Gasteiger partial charge >= 0.3 is 0 Å². The Bertz CT molecular complexity index is 590. The lowest BCUT2D eigenvalue weighted by molar-refractivity contribution is 0.0732. The zero-order chi connectivity index (χ0) is 19.5. The van der Waals surface area contributed by atoms with Gasteiger partial charge in [-0.2, -0.15) is 0 Å². The molecule has 0 saturated heterocycles. The van der Waals surface area contributed by atoms with Crippen LogP contribution in [0.25, 0.3) is 0 Å². The topological polar surface area (TPSA) is 48.9 Å². The predicted octanol–water partition coefficient (Wildman–Crippen LogP) is 4.02. The summed E-state index contributed by atoms with van der Waals surface area (Å²) in [5.41, 5.74) is 2.99. The molecular weight excluding hydrogens is 463 g/mol. The van der Waals surface area contributed by atoms with E-state index in [4.69, 9.17) is 9.73 Å². The molecule has 0 heterocycles. The number of guanidine groups is 1. The van der Waals surface area contributed by atoms with Gasteiger partial charge in [-0.3, -0.25) is 0 Å². The SMILES string of the molecule is CCNC(=NCc1cccc(CN(C)CC)c1)NCC1(CCOC)CCC1.I. The molecule has 6 heteroatoms. The van der Waals surface area contributed by atoms with Gasteiger partial charge in [0, 0.05) is 33.4 Å². The molecule has 28 heavy (non-hydrogen) atoms. The monoisotopic (exact) mass is 502 g/mol. The van der Waals surface area contributed by atoms with Crippen LogP contribution in [0.4, 0.5) is 0 Å². The average Bonchev–Trinajstić information content (AvgIpc) is 2.65. The fourth-order valence-electron chi connectivity index (χ4n) is 3.54. The summed E-state index contributed by atoms with van der Waals surface area (Å²) in [6.45, 7) is 9.72. The Morgan fingerprint density at radius 2 is 1.96 bits per heavy atom. The van der Waals surface area contributed by atoms with Crippen LogP contribution in [0.1, 0.15) is 50.7 Å². The molecule has 160 valence electrons. The highest BCUT2D eigenvalue weighted by atomic mass is 127. The van der Waals surface area contributed by atoms with Crippen LogP contribution in [-0.2, 0) is 17.8 Å². The molecule has 1 fully saturated rings. The van der Waals surface area contributed by atoms with Gasteiger partial charge in [-0.15, -0.1) is 24.0 Å². The van der Waals surface area contributed by atoms with E-state index in [9.17, 15) is 0 Å². The minimum atomic E-state index is 0. The molecule has 0 bridgehead atoms. The number of nitrogens with zero attached hydrogens (tertiary/aromatic N) is 2. The van der Waals surface area contributed by atoms with Gasteiger partial charge in [0.1, 0.15) is 0 Å². The molecule has 0 radical (unpaired) electrons. The van der Waals surface area contributed by atoms with Crippen LogP contribution in [0.5, 0.6) is 0 Å². The maximum Gasteiger partial charge on any atom is 0.191 e. The average molecular weight is 502 g/mol. The molecule has 1 aromatic rings. The number of benzene rings is 1. The molecule has 0 aromatic heterocycles. The number of nitrogens with one attached hydrogen (secondary N) is 2. The zero-order valence-electron chi connectivity index (χ0n) is 18.1. The van der Waals surface area contributed by atoms with Crippen LogP contribution in [0.3, 0.4) is 0 Å². The molecule has 0 unspecified atom stereocenters. The quantitative estimate of drug-likeness (QED) is 0.273. The van der Waals surface area contributed by atoms with Crippen LogP contribution >= 0.6 is 24.0 Å². The Balaban J connectivity index is 0.00000392. The van der Waals surface area contributed by atoms with Gasteiger partial charge in [-0.05, 0) is 56.3 Å². The summed E-state index contributed by atoms with van der Waals surface area (Å²) in [6, 6.07) is 8.76. The third kappa shape index (κ3) is 8.25. The van der Waals surface area contributed by atoms with E-state index in [-0.39, 0.29) is 24.0 Å². The van der Waals surface area contributed by atoms with Crippen LogP contribution in [0, 0.1) is 5.41 Å². The summed E-state index contributed by atoms with van der Waals surface area (Å²) in [7, 11) is 3.94. The Kier molecular flexibility index (Phi) is 12.0. The van der Waals surface area contributed by atoms with Gasteiger partial charge in [0.25, 0.3) is 0 Å². The van der Waals surface area contributed by atoms with E-state index in [1.165, 1.54) is 30.4 Å². The molecule has 2 rings (SSSR count). The first-order valence-electron chi connectivity index (χ1n) is 10.4. The fourth-order valence-corrected chi connectivity index (χ4v) is 3.54. The highest BCUT2D eigenvalue weighted by Gasteiger charge is 2.36. The molecule has 5 nitrogen and oxygen atoms in total. The third-order valence-electron chi connectivity index (χ3n) is 5.63. The summed E-state index contributed by atoms with van der Waals surface area (Å²) in [5, 5.41) is 6.96. The Morgan fingerprint density at radius 1 is 1.21 bits per heavy atom. The van der Waals surface area contributed by atoms with E-state index in [0.717, 1.165) is 45.2 Å². The van der Waals surface area contributed by atoms with Crippen molar-refractivity contribution in [2.75, 3.05) is 40.4 Å². The molecule has 1 saturated carbocycles. The first-order valence-corrected chi connectivity index (χ1v) is 10.4. The summed E-state index contributed by atoms with van der Waals surface area (Å²) in [5.74, 6) is 0.914. The van der Waals surface area contributed by atoms with Crippen molar-refractivity contribution in [2.24, 2.45) is 10.4 Å². The maximum atomic E-state index is 5.30. The Morgan fingerprint density at radius 3 is 2.57 bits per heavy atom. The van der Waals surface area contributed by atoms with E-state index < -0.39 is 0 Å². The van der Waals surface area contributed by atoms with E-state index in [0.29, 0.717) is 12.0 Å². The van der Waals surface area contributed by atoms with Crippen molar-refractivity contribution in [3.05, 3.63) is 35.4 Å². The number of methoxy groups -OCH3 is 1. The van der Waals surface area contributed by atoms with Crippen LogP contribution in [0.15, 0.2) is 29.3 Å². The molecule has 1 aliphatic rings. The summed E-state index contributed by atoms with van der Waals surface area (Å²) < 4.78 is 5.30. The lowest BCUT2D eigenvalue weighted by atomic mass is 9.67. The van der Waals surface area contributed by atoms with Crippen molar-refractivity contribution in [1.29, 1.82) is 0 Å². The molecule has 0 atom stereocenters. The first-order chi connectivity index (χ1) is 13.1. The van der Waals surface area contributed by atoms with Crippen LogP contribution in [0.2, 0.25) is 0 Å². The molecule has 1 aliphatic carbocycles. The predicted molar refractivity (Wildman–Crippen MR) is 129 cm³/mol. The molecular formula is C22H39IN4O. The van der Waals surface area contributed by atoms with Crippen molar-refractivity contribution >= 4 is 29.9 Å². The van der Waals surface area contributed by atoms with Gasteiger partial charge in [0.2, 0.25) is 0 Å². The van der Waals surface area contributed by atoms with E-state index in [1.807, 2.05) is 0 Å². The van der Waals surface area contributed by atoms with Gasteiger partial charge < -0.3 is 20.3 Å². The van der Waals surface area contributed by atoms with Crippen molar-refractivity contribution in [3.63, 3.8) is 0 Å². The lowest BCUT2D eigenvalue weighted by Crippen LogP contribution is -2.46. The minimum absolute atomic E-state index is 0. The van der Waals surface area contributed by atoms with Crippen LogP contribution in [-0.4, -0.2) is 51.3 Å². The Hall–Kier alpha value is -0.860. The maximum absolute atomic E-state index is 5.30. The van der Waals surface area contributed by atoms with Gasteiger partial charge in [-0.1, -0.05) is 37.6 Å². The number of aliphatic imine (C=N–C) groups is 1. The summed E-state index contributed by atoms with van der Waals surface area (Å²) in [4.78, 5) is 7.13. The number of hydrogen-bond donors (Lipinski definition) is 2.